The molecule has 0 atom stereocenters. The lowest BCUT2D eigenvalue weighted by Crippen LogP contribution is -2.35. The van der Waals surface area contributed by atoms with E-state index in [4.69, 9.17) is 9.47 Å². The summed E-state index contributed by atoms with van der Waals surface area (Å²) in [6.07, 6.45) is 2.54. The number of hydrogen-bond acceptors (Lipinski definition) is 5. The van der Waals surface area contributed by atoms with E-state index in [0.29, 0.717) is 18.8 Å². The Morgan fingerprint density at radius 1 is 1.16 bits per heavy atom. The molecule has 0 saturated heterocycles. The minimum Gasteiger partial charge on any atom is -0.452 e. The van der Waals surface area contributed by atoms with Gasteiger partial charge in [0.2, 0.25) is 0 Å². The van der Waals surface area contributed by atoms with Crippen LogP contribution in [0.1, 0.15) is 17.3 Å². The van der Waals surface area contributed by atoms with Crippen LogP contribution in [0.3, 0.4) is 0 Å². The predicted octanol–water partition coefficient (Wildman–Crippen LogP) is 2.61. The molecule has 0 bridgehead atoms. The normalized spacial score (nSPS) is 9.64. The minimum atomic E-state index is -0.669. The molecule has 0 aliphatic rings. The van der Waals surface area contributed by atoms with E-state index in [2.05, 4.69) is 18.5 Å². The number of anilines is 1. The highest BCUT2D eigenvalue weighted by molar-refractivity contribution is 5.93. The molecule has 0 aliphatic carbocycles. The SMILES string of the molecule is C=CCN(CC=C)C(=O)COC(=O)c1cccc(NC(=O)OCC)c1. The van der Waals surface area contributed by atoms with Gasteiger partial charge in [-0.2, -0.15) is 0 Å². The second kappa shape index (κ2) is 10.6. The zero-order valence-electron chi connectivity index (χ0n) is 14.2. The van der Waals surface area contributed by atoms with Crippen LogP contribution >= 0.6 is 0 Å². The van der Waals surface area contributed by atoms with Crippen molar-refractivity contribution >= 4 is 23.7 Å². The van der Waals surface area contributed by atoms with Crippen LogP contribution in [0, 0.1) is 0 Å². The largest absolute Gasteiger partial charge is 0.452 e. The number of benzene rings is 1. The number of nitrogens with one attached hydrogen (secondary N) is 1. The van der Waals surface area contributed by atoms with Gasteiger partial charge in [-0.25, -0.2) is 9.59 Å². The van der Waals surface area contributed by atoms with E-state index in [1.807, 2.05) is 0 Å². The van der Waals surface area contributed by atoms with Gasteiger partial charge in [0.15, 0.2) is 6.61 Å². The van der Waals surface area contributed by atoms with E-state index >= 15 is 0 Å². The van der Waals surface area contributed by atoms with Gasteiger partial charge in [-0.3, -0.25) is 10.1 Å². The molecule has 0 aliphatic heterocycles. The van der Waals surface area contributed by atoms with Crippen molar-refractivity contribution in [3.63, 3.8) is 0 Å². The summed E-state index contributed by atoms with van der Waals surface area (Å²) in [5.41, 5.74) is 0.597. The van der Waals surface area contributed by atoms with E-state index in [0.717, 1.165) is 0 Å². The molecule has 0 unspecified atom stereocenters. The van der Waals surface area contributed by atoms with Crippen molar-refractivity contribution in [2.45, 2.75) is 6.92 Å². The molecule has 0 heterocycles. The fourth-order valence-corrected chi connectivity index (χ4v) is 1.90. The van der Waals surface area contributed by atoms with Crippen LogP contribution in [0.4, 0.5) is 10.5 Å². The summed E-state index contributed by atoms with van der Waals surface area (Å²) in [5.74, 6) is -1.02. The highest BCUT2D eigenvalue weighted by Crippen LogP contribution is 2.12. The molecule has 0 saturated carbocycles. The summed E-state index contributed by atoms with van der Waals surface area (Å²) >= 11 is 0. The van der Waals surface area contributed by atoms with Crippen molar-refractivity contribution in [1.82, 2.24) is 4.90 Å². The number of nitrogens with zero attached hydrogens (tertiary/aromatic N) is 1. The third kappa shape index (κ3) is 6.90. The van der Waals surface area contributed by atoms with E-state index < -0.39 is 18.7 Å². The number of ether oxygens (including phenoxy) is 2. The maximum Gasteiger partial charge on any atom is 0.411 e. The van der Waals surface area contributed by atoms with Crippen LogP contribution in [0.5, 0.6) is 0 Å². The van der Waals surface area contributed by atoms with E-state index in [1.165, 1.54) is 17.0 Å². The first-order valence-corrected chi connectivity index (χ1v) is 7.72. The van der Waals surface area contributed by atoms with Gasteiger partial charge in [-0.15, -0.1) is 13.2 Å². The average Bonchev–Trinajstić information content (AvgIpc) is 2.59. The molecule has 2 amide bonds. The Kier molecular flexibility index (Phi) is 8.49. The van der Waals surface area contributed by atoms with Gasteiger partial charge in [0, 0.05) is 18.8 Å². The second-order valence-corrected chi connectivity index (χ2v) is 4.88. The van der Waals surface area contributed by atoms with Crippen molar-refractivity contribution in [3.05, 3.63) is 55.1 Å². The van der Waals surface area contributed by atoms with Crippen molar-refractivity contribution in [2.24, 2.45) is 0 Å². The topological polar surface area (TPSA) is 84.9 Å². The van der Waals surface area contributed by atoms with Gasteiger partial charge < -0.3 is 14.4 Å². The van der Waals surface area contributed by atoms with Crippen LogP contribution in [-0.2, 0) is 14.3 Å². The summed E-state index contributed by atoms with van der Waals surface area (Å²) < 4.78 is 9.79. The van der Waals surface area contributed by atoms with Crippen molar-refractivity contribution in [3.8, 4) is 0 Å². The van der Waals surface area contributed by atoms with Gasteiger partial charge in [0.05, 0.1) is 12.2 Å². The maximum atomic E-state index is 12.1. The first-order chi connectivity index (χ1) is 12.0. The molecule has 0 spiro atoms. The number of hydrogen-bond donors (Lipinski definition) is 1. The summed E-state index contributed by atoms with van der Waals surface area (Å²) in [6, 6.07) is 6.15. The fourth-order valence-electron chi connectivity index (χ4n) is 1.90. The highest BCUT2D eigenvalue weighted by atomic mass is 16.5. The lowest BCUT2D eigenvalue weighted by molar-refractivity contribution is -0.133. The van der Waals surface area contributed by atoms with E-state index in [9.17, 15) is 14.4 Å². The number of rotatable bonds is 9. The smallest absolute Gasteiger partial charge is 0.411 e. The molecule has 1 N–H and O–H groups in total. The average molecular weight is 346 g/mol. The Labute approximate surface area is 146 Å². The maximum absolute atomic E-state index is 12.1. The quantitative estimate of drug-likeness (QED) is 0.549. The summed E-state index contributed by atoms with van der Waals surface area (Å²) in [6.45, 7) is 9.35. The van der Waals surface area contributed by atoms with Gasteiger partial charge >= 0.3 is 12.1 Å². The zero-order valence-corrected chi connectivity index (χ0v) is 14.2. The molecule has 1 aromatic rings. The highest BCUT2D eigenvalue weighted by Gasteiger charge is 2.15. The Hall–Kier alpha value is -3.09. The fraction of sp³-hybridized carbons (Fsp3) is 0.278. The molecule has 7 nitrogen and oxygen atoms in total. The Morgan fingerprint density at radius 2 is 1.84 bits per heavy atom. The van der Waals surface area contributed by atoms with Crippen LogP contribution in [0.2, 0.25) is 0 Å². The van der Waals surface area contributed by atoms with Crippen molar-refractivity contribution in [2.75, 3.05) is 31.6 Å². The molecule has 0 aromatic heterocycles. The third-order valence-electron chi connectivity index (χ3n) is 3.00. The van der Waals surface area contributed by atoms with Crippen LogP contribution < -0.4 is 5.32 Å². The summed E-state index contributed by atoms with van der Waals surface area (Å²) in [7, 11) is 0. The second-order valence-electron chi connectivity index (χ2n) is 4.88. The number of carbonyl (C=O) groups is 3. The van der Waals surface area contributed by atoms with Crippen LogP contribution in [0.15, 0.2) is 49.6 Å². The lowest BCUT2D eigenvalue weighted by atomic mass is 10.2. The molecule has 0 fully saturated rings. The first kappa shape index (κ1) is 20.0. The number of esters is 1. The molecule has 1 aromatic carbocycles. The summed E-state index contributed by atoms with van der Waals surface area (Å²) in [4.78, 5) is 36.9. The number of carbonyl (C=O) groups excluding carboxylic acids is 3. The Balaban J connectivity index is 2.65. The van der Waals surface area contributed by atoms with Crippen molar-refractivity contribution in [1.29, 1.82) is 0 Å². The lowest BCUT2D eigenvalue weighted by Gasteiger charge is -2.19. The van der Waals surface area contributed by atoms with Crippen molar-refractivity contribution < 1.29 is 23.9 Å². The first-order valence-electron chi connectivity index (χ1n) is 7.72. The molecule has 25 heavy (non-hydrogen) atoms. The monoisotopic (exact) mass is 346 g/mol. The predicted molar refractivity (Wildman–Crippen MR) is 94.3 cm³/mol. The van der Waals surface area contributed by atoms with Gasteiger partial charge in [0.25, 0.3) is 5.91 Å². The zero-order chi connectivity index (χ0) is 18.7. The Bertz CT molecular complexity index is 632. The molecular weight excluding hydrogens is 324 g/mol. The van der Waals surface area contributed by atoms with E-state index in [1.54, 1.807) is 31.2 Å². The van der Waals surface area contributed by atoms with E-state index in [-0.39, 0.29) is 18.1 Å². The van der Waals surface area contributed by atoms with Gasteiger partial charge in [-0.1, -0.05) is 18.2 Å². The van der Waals surface area contributed by atoms with Gasteiger partial charge in [-0.05, 0) is 25.1 Å². The molecular formula is C18H22N2O5. The van der Waals surface area contributed by atoms with Gasteiger partial charge in [0.1, 0.15) is 0 Å². The molecule has 0 radical (unpaired) electrons. The standard InChI is InChI=1S/C18H22N2O5/c1-4-10-20(11-5-2)16(21)13-25-17(22)14-8-7-9-15(12-14)19-18(23)24-6-3/h4-5,7-9,12H,1-2,6,10-11,13H2,3H3,(H,19,23). The molecule has 134 valence electrons. The van der Waals surface area contributed by atoms with Crippen LogP contribution in [-0.4, -0.2) is 49.2 Å². The third-order valence-corrected chi connectivity index (χ3v) is 3.00. The molecule has 7 heteroatoms. The number of amides is 2. The Morgan fingerprint density at radius 3 is 2.44 bits per heavy atom. The van der Waals surface area contributed by atoms with Crippen LogP contribution in [0.25, 0.3) is 0 Å². The minimum absolute atomic E-state index is 0.209. The molecule has 1 rings (SSSR count). The summed E-state index contributed by atoms with van der Waals surface area (Å²) in [5, 5.41) is 2.49.